The van der Waals surface area contributed by atoms with Crippen molar-refractivity contribution in [2.24, 2.45) is 23.0 Å². The topological polar surface area (TPSA) is 98.5 Å². The average Bonchev–Trinajstić information content (AvgIpc) is 2.34. The van der Waals surface area contributed by atoms with Crippen molar-refractivity contribution < 1.29 is 19.1 Å². The lowest BCUT2D eigenvalue weighted by molar-refractivity contribution is -0.177. The molecule has 0 unspecified atom stereocenters. The summed E-state index contributed by atoms with van der Waals surface area (Å²) in [6, 6.07) is -0.956. The number of esters is 1. The number of primary amides is 1. The number of hydrogen-bond acceptors (Lipinski definition) is 4. The molecular formula is C15H21ClN2O4. The number of hydrogen-bond donors (Lipinski definition) is 2. The molecule has 4 aliphatic carbocycles. The molecule has 6 nitrogen and oxygen atoms in total. The number of halogens is 1. The molecule has 4 bridgehead atoms. The molecule has 4 saturated carbocycles. The number of nitrogens with one attached hydrogen (secondary N) is 1. The molecule has 4 aliphatic rings. The van der Waals surface area contributed by atoms with Crippen molar-refractivity contribution in [3.8, 4) is 0 Å². The minimum absolute atomic E-state index is 0.290. The maximum absolute atomic E-state index is 12.7. The second-order valence-electron chi connectivity index (χ2n) is 7.29. The van der Waals surface area contributed by atoms with Gasteiger partial charge in [-0.05, 0) is 57.3 Å². The van der Waals surface area contributed by atoms with Crippen LogP contribution in [0.3, 0.4) is 0 Å². The van der Waals surface area contributed by atoms with Crippen molar-refractivity contribution in [1.82, 2.24) is 5.32 Å². The molecule has 0 heterocycles. The van der Waals surface area contributed by atoms with Gasteiger partial charge in [0, 0.05) is 4.87 Å². The molecule has 122 valence electrons. The van der Waals surface area contributed by atoms with Gasteiger partial charge in [-0.15, -0.1) is 11.6 Å². The number of alkyl halides is 1. The van der Waals surface area contributed by atoms with E-state index in [1.807, 2.05) is 5.32 Å². The number of urea groups is 1. The van der Waals surface area contributed by atoms with Crippen LogP contribution in [0.2, 0.25) is 0 Å². The van der Waals surface area contributed by atoms with Gasteiger partial charge in [-0.2, -0.15) is 0 Å². The fourth-order valence-electron chi connectivity index (χ4n) is 4.95. The Morgan fingerprint density at radius 3 is 2.32 bits per heavy atom. The summed E-state index contributed by atoms with van der Waals surface area (Å²) in [5.74, 6) is -0.119. The van der Waals surface area contributed by atoms with E-state index in [-0.39, 0.29) is 10.8 Å². The van der Waals surface area contributed by atoms with Gasteiger partial charge < -0.3 is 10.5 Å². The van der Waals surface area contributed by atoms with Gasteiger partial charge in [0.1, 0.15) is 0 Å². The van der Waals surface area contributed by atoms with E-state index >= 15 is 0 Å². The highest BCUT2D eigenvalue weighted by molar-refractivity contribution is 6.24. The van der Waals surface area contributed by atoms with E-state index in [0.717, 1.165) is 32.1 Å². The van der Waals surface area contributed by atoms with Gasteiger partial charge in [-0.25, -0.2) is 4.79 Å². The van der Waals surface area contributed by atoms with E-state index in [9.17, 15) is 14.4 Å². The SMILES string of the molecule is C[C@H](OC(=O)C12C[C@H]3C[C@@H](CC(Cl)(C3)C1)C2)C(=O)NC(N)=O. The first-order valence-electron chi connectivity index (χ1n) is 7.72. The van der Waals surface area contributed by atoms with E-state index in [2.05, 4.69) is 0 Å². The van der Waals surface area contributed by atoms with Crippen LogP contribution >= 0.6 is 11.6 Å². The van der Waals surface area contributed by atoms with Crippen LogP contribution in [0.15, 0.2) is 0 Å². The third kappa shape index (κ3) is 2.69. The number of rotatable bonds is 3. The molecule has 0 spiro atoms. The molecule has 3 N–H and O–H groups in total. The molecule has 0 saturated heterocycles. The number of amides is 3. The zero-order valence-corrected chi connectivity index (χ0v) is 13.3. The molecule has 4 rings (SSSR count). The normalized spacial score (nSPS) is 40.1. The van der Waals surface area contributed by atoms with Gasteiger partial charge in [0.15, 0.2) is 6.10 Å². The Hall–Kier alpha value is -1.30. The van der Waals surface area contributed by atoms with Crippen LogP contribution in [-0.4, -0.2) is 28.9 Å². The summed E-state index contributed by atoms with van der Waals surface area (Å²) < 4.78 is 5.33. The molecule has 0 aromatic carbocycles. The standard InChI is InChI=1S/C15H21ClN2O4/c1-8(11(19)18-13(17)21)22-12(20)14-3-9-2-10(4-14)6-15(16,5-9)7-14/h8-10H,2-7H2,1H3,(H3,17,18,19,21)/t8-,9+,10+,14?,15?/m0/s1. The summed E-state index contributed by atoms with van der Waals surface area (Å²) in [6.45, 7) is 1.44. The van der Waals surface area contributed by atoms with Crippen molar-refractivity contribution in [3.05, 3.63) is 0 Å². The molecule has 3 atom stereocenters. The average molecular weight is 329 g/mol. The minimum Gasteiger partial charge on any atom is -0.452 e. The lowest BCUT2D eigenvalue weighted by Crippen LogP contribution is -2.57. The molecule has 0 aromatic rings. The molecule has 3 amide bonds. The van der Waals surface area contributed by atoms with Crippen LogP contribution in [0.25, 0.3) is 0 Å². The highest BCUT2D eigenvalue weighted by atomic mass is 35.5. The van der Waals surface area contributed by atoms with Crippen LogP contribution in [0, 0.1) is 17.3 Å². The predicted molar refractivity (Wildman–Crippen MR) is 79.0 cm³/mol. The second-order valence-corrected chi connectivity index (χ2v) is 8.10. The molecule has 4 fully saturated rings. The summed E-state index contributed by atoms with van der Waals surface area (Å²) in [5.41, 5.74) is 4.33. The van der Waals surface area contributed by atoms with Crippen LogP contribution in [0.1, 0.15) is 45.4 Å². The minimum atomic E-state index is -1.04. The van der Waals surface area contributed by atoms with Crippen LogP contribution in [0.5, 0.6) is 0 Å². The monoisotopic (exact) mass is 328 g/mol. The number of nitrogens with two attached hydrogens (primary N) is 1. The summed E-state index contributed by atoms with van der Waals surface area (Å²) >= 11 is 6.68. The summed E-state index contributed by atoms with van der Waals surface area (Å²) in [6.07, 6.45) is 4.25. The van der Waals surface area contributed by atoms with Gasteiger partial charge in [0.05, 0.1) is 5.41 Å². The van der Waals surface area contributed by atoms with Crippen LogP contribution in [0.4, 0.5) is 4.79 Å². The van der Waals surface area contributed by atoms with Crippen molar-refractivity contribution in [2.45, 2.75) is 56.4 Å². The zero-order chi connectivity index (χ0) is 16.1. The Balaban J connectivity index is 1.70. The first-order chi connectivity index (χ1) is 10.2. The Bertz CT molecular complexity index is 522. The molecular weight excluding hydrogens is 308 g/mol. The van der Waals surface area contributed by atoms with E-state index in [0.29, 0.717) is 18.3 Å². The highest BCUT2D eigenvalue weighted by Gasteiger charge is 2.61. The van der Waals surface area contributed by atoms with Gasteiger partial charge in [-0.1, -0.05) is 0 Å². The van der Waals surface area contributed by atoms with Gasteiger partial charge >= 0.3 is 12.0 Å². The summed E-state index contributed by atoms with van der Waals surface area (Å²) in [5, 5.41) is 1.93. The lowest BCUT2D eigenvalue weighted by atomic mass is 9.49. The van der Waals surface area contributed by atoms with Gasteiger partial charge in [0.25, 0.3) is 5.91 Å². The second kappa shape index (κ2) is 5.11. The summed E-state index contributed by atoms with van der Waals surface area (Å²) in [7, 11) is 0. The Labute approximate surface area is 134 Å². The molecule has 7 heteroatoms. The fourth-order valence-corrected chi connectivity index (χ4v) is 5.64. The van der Waals surface area contributed by atoms with Crippen LogP contribution in [-0.2, 0) is 14.3 Å². The predicted octanol–water partition coefficient (Wildman–Crippen LogP) is 1.69. The van der Waals surface area contributed by atoms with Crippen molar-refractivity contribution in [3.63, 3.8) is 0 Å². The number of imide groups is 1. The Kier molecular flexibility index (Phi) is 3.62. The largest absolute Gasteiger partial charge is 0.452 e. The first kappa shape index (κ1) is 15.6. The third-order valence-corrected chi connectivity index (χ3v) is 5.76. The highest BCUT2D eigenvalue weighted by Crippen LogP contribution is 2.64. The van der Waals surface area contributed by atoms with Gasteiger partial charge in [0.2, 0.25) is 0 Å². The molecule has 22 heavy (non-hydrogen) atoms. The Morgan fingerprint density at radius 1 is 1.23 bits per heavy atom. The van der Waals surface area contributed by atoms with Crippen molar-refractivity contribution in [1.29, 1.82) is 0 Å². The van der Waals surface area contributed by atoms with Crippen LogP contribution < -0.4 is 11.1 Å². The molecule has 0 radical (unpaired) electrons. The van der Waals surface area contributed by atoms with E-state index in [1.54, 1.807) is 0 Å². The number of carbonyl (C=O) groups is 3. The van der Waals surface area contributed by atoms with E-state index in [4.69, 9.17) is 22.1 Å². The lowest BCUT2D eigenvalue weighted by Gasteiger charge is -2.58. The summed E-state index contributed by atoms with van der Waals surface area (Å²) in [4.78, 5) is 34.7. The quantitative estimate of drug-likeness (QED) is 0.608. The smallest absolute Gasteiger partial charge is 0.318 e. The zero-order valence-electron chi connectivity index (χ0n) is 12.6. The molecule has 0 aromatic heterocycles. The number of carbonyl (C=O) groups excluding carboxylic acids is 3. The van der Waals surface area contributed by atoms with Crippen molar-refractivity contribution >= 4 is 29.5 Å². The van der Waals surface area contributed by atoms with Crippen molar-refractivity contribution in [2.75, 3.05) is 0 Å². The Morgan fingerprint density at radius 2 is 1.82 bits per heavy atom. The molecule has 0 aliphatic heterocycles. The van der Waals surface area contributed by atoms with Gasteiger partial charge in [-0.3, -0.25) is 14.9 Å². The third-order valence-electron chi connectivity index (χ3n) is 5.32. The van der Waals surface area contributed by atoms with E-state index in [1.165, 1.54) is 6.92 Å². The maximum Gasteiger partial charge on any atom is 0.318 e. The van der Waals surface area contributed by atoms with E-state index < -0.39 is 23.5 Å². The first-order valence-corrected chi connectivity index (χ1v) is 8.09. The number of ether oxygens (including phenoxy) is 1. The maximum atomic E-state index is 12.7. The fraction of sp³-hybridized carbons (Fsp3) is 0.800.